The van der Waals surface area contributed by atoms with Crippen molar-refractivity contribution < 1.29 is 0 Å². The van der Waals surface area contributed by atoms with Gasteiger partial charge in [-0.3, -0.25) is 4.68 Å². The summed E-state index contributed by atoms with van der Waals surface area (Å²) in [6.07, 6.45) is 0. The summed E-state index contributed by atoms with van der Waals surface area (Å²) in [5, 5.41) is 4.49. The molecule has 5 heteroatoms. The van der Waals surface area contributed by atoms with Crippen LogP contribution in [0.2, 0.25) is 0 Å². The van der Waals surface area contributed by atoms with Crippen molar-refractivity contribution >= 4 is 5.82 Å². The maximum absolute atomic E-state index is 5.34. The predicted molar refractivity (Wildman–Crippen MR) is 67.6 cm³/mol. The van der Waals surface area contributed by atoms with Crippen LogP contribution in [0.1, 0.15) is 22.6 Å². The number of hydrogen-bond donors (Lipinski definition) is 2. The lowest BCUT2D eigenvalue weighted by Gasteiger charge is -2.06. The molecular formula is C12H17N5. The summed E-state index contributed by atoms with van der Waals surface area (Å²) in [5.74, 6) is 6.00. The molecule has 0 radical (unpaired) electrons. The normalized spacial score (nSPS) is 10.6. The van der Waals surface area contributed by atoms with Gasteiger partial charge >= 0.3 is 0 Å². The molecule has 0 atom stereocenters. The highest BCUT2D eigenvalue weighted by Crippen LogP contribution is 2.13. The van der Waals surface area contributed by atoms with Gasteiger partial charge in [-0.05, 0) is 38.5 Å². The second-order valence-corrected chi connectivity index (χ2v) is 4.11. The van der Waals surface area contributed by atoms with E-state index in [0.29, 0.717) is 12.4 Å². The fourth-order valence-corrected chi connectivity index (χ4v) is 1.74. The van der Waals surface area contributed by atoms with E-state index in [4.69, 9.17) is 5.84 Å². The Balaban J connectivity index is 2.28. The zero-order chi connectivity index (χ0) is 12.4. The Labute approximate surface area is 101 Å². The number of rotatable bonds is 3. The highest BCUT2D eigenvalue weighted by Gasteiger charge is 2.08. The van der Waals surface area contributed by atoms with Crippen LogP contribution in [0.25, 0.3) is 0 Å². The smallest absolute Gasteiger partial charge is 0.140 e. The standard InChI is InChI=1S/C12H17N5/c1-8-9(2)16-17(10(8)3)7-11-5-4-6-12(14-11)15-13/h4-6H,7,13H2,1-3H3,(H,14,15). The Bertz CT molecular complexity index is 530. The van der Waals surface area contributed by atoms with E-state index in [1.54, 1.807) is 0 Å². The Morgan fingerprint density at radius 1 is 1.29 bits per heavy atom. The van der Waals surface area contributed by atoms with E-state index in [2.05, 4.69) is 29.4 Å². The van der Waals surface area contributed by atoms with E-state index in [-0.39, 0.29) is 0 Å². The Hall–Kier alpha value is -1.88. The van der Waals surface area contributed by atoms with E-state index in [1.165, 1.54) is 11.3 Å². The largest absolute Gasteiger partial charge is 0.308 e. The zero-order valence-corrected chi connectivity index (χ0v) is 10.4. The number of nitrogens with two attached hydrogens (primary N) is 1. The van der Waals surface area contributed by atoms with Gasteiger partial charge in [0.15, 0.2) is 0 Å². The van der Waals surface area contributed by atoms with Crippen LogP contribution in [0.4, 0.5) is 5.82 Å². The second kappa shape index (κ2) is 4.55. The maximum Gasteiger partial charge on any atom is 0.140 e. The number of aromatic nitrogens is 3. The van der Waals surface area contributed by atoms with Crippen molar-refractivity contribution in [3.63, 3.8) is 0 Å². The monoisotopic (exact) mass is 231 g/mol. The second-order valence-electron chi connectivity index (χ2n) is 4.11. The molecular weight excluding hydrogens is 214 g/mol. The summed E-state index contributed by atoms with van der Waals surface area (Å²) in [7, 11) is 0. The van der Waals surface area contributed by atoms with E-state index in [0.717, 1.165) is 11.4 Å². The van der Waals surface area contributed by atoms with Gasteiger partial charge in [-0.1, -0.05) is 6.07 Å². The van der Waals surface area contributed by atoms with Gasteiger partial charge in [-0.25, -0.2) is 10.8 Å². The average molecular weight is 231 g/mol. The van der Waals surface area contributed by atoms with Crippen LogP contribution in [0.15, 0.2) is 18.2 Å². The van der Waals surface area contributed by atoms with Gasteiger partial charge in [-0.15, -0.1) is 0 Å². The first-order chi connectivity index (χ1) is 8.11. The van der Waals surface area contributed by atoms with Gasteiger partial charge in [0.25, 0.3) is 0 Å². The molecule has 0 aliphatic heterocycles. The highest BCUT2D eigenvalue weighted by atomic mass is 15.3. The summed E-state index contributed by atoms with van der Waals surface area (Å²) in [6.45, 7) is 6.83. The summed E-state index contributed by atoms with van der Waals surface area (Å²) >= 11 is 0. The van der Waals surface area contributed by atoms with E-state index < -0.39 is 0 Å². The molecule has 2 heterocycles. The van der Waals surface area contributed by atoms with Crippen LogP contribution in [0.5, 0.6) is 0 Å². The molecule has 0 aromatic carbocycles. The molecule has 2 aromatic heterocycles. The van der Waals surface area contributed by atoms with E-state index >= 15 is 0 Å². The van der Waals surface area contributed by atoms with Gasteiger partial charge in [0.1, 0.15) is 5.82 Å². The first-order valence-electron chi connectivity index (χ1n) is 5.55. The molecule has 2 rings (SSSR count). The molecule has 17 heavy (non-hydrogen) atoms. The molecule has 0 amide bonds. The highest BCUT2D eigenvalue weighted by molar-refractivity contribution is 5.33. The number of nitrogen functional groups attached to an aromatic ring is 1. The van der Waals surface area contributed by atoms with Crippen molar-refractivity contribution in [2.75, 3.05) is 5.43 Å². The first kappa shape index (κ1) is 11.6. The Morgan fingerprint density at radius 2 is 2.06 bits per heavy atom. The van der Waals surface area contributed by atoms with Crippen molar-refractivity contribution in [3.05, 3.63) is 40.8 Å². The number of nitrogens with one attached hydrogen (secondary N) is 1. The van der Waals surface area contributed by atoms with Crippen molar-refractivity contribution in [1.82, 2.24) is 14.8 Å². The molecule has 5 nitrogen and oxygen atoms in total. The minimum absolute atomic E-state index is 0.663. The van der Waals surface area contributed by atoms with Crippen LogP contribution in [0, 0.1) is 20.8 Å². The molecule has 0 saturated heterocycles. The van der Waals surface area contributed by atoms with Crippen LogP contribution in [0.3, 0.4) is 0 Å². The number of nitrogens with zero attached hydrogens (tertiary/aromatic N) is 3. The molecule has 0 unspecified atom stereocenters. The minimum atomic E-state index is 0.663. The van der Waals surface area contributed by atoms with Crippen LogP contribution < -0.4 is 11.3 Å². The third-order valence-electron chi connectivity index (χ3n) is 3.01. The number of hydrogen-bond acceptors (Lipinski definition) is 4. The summed E-state index contributed by atoms with van der Waals surface area (Å²) in [5.41, 5.74) is 6.96. The van der Waals surface area contributed by atoms with Gasteiger partial charge in [-0.2, -0.15) is 5.10 Å². The maximum atomic E-state index is 5.34. The summed E-state index contributed by atoms with van der Waals surface area (Å²) in [6, 6.07) is 5.72. The summed E-state index contributed by atoms with van der Waals surface area (Å²) in [4.78, 5) is 4.37. The molecule has 0 fully saturated rings. The lowest BCUT2D eigenvalue weighted by atomic mass is 10.2. The molecule has 0 spiro atoms. The first-order valence-corrected chi connectivity index (χ1v) is 5.55. The fraction of sp³-hybridized carbons (Fsp3) is 0.333. The third-order valence-corrected chi connectivity index (χ3v) is 3.01. The van der Waals surface area contributed by atoms with Gasteiger partial charge in [0, 0.05) is 5.69 Å². The van der Waals surface area contributed by atoms with E-state index in [9.17, 15) is 0 Å². The topological polar surface area (TPSA) is 68.8 Å². The van der Waals surface area contributed by atoms with Gasteiger partial charge < -0.3 is 5.43 Å². The third kappa shape index (κ3) is 2.29. The van der Waals surface area contributed by atoms with E-state index in [1.807, 2.05) is 29.8 Å². The molecule has 3 N–H and O–H groups in total. The molecule has 0 aliphatic carbocycles. The van der Waals surface area contributed by atoms with Crippen LogP contribution >= 0.6 is 0 Å². The van der Waals surface area contributed by atoms with Crippen molar-refractivity contribution in [2.24, 2.45) is 5.84 Å². The lowest BCUT2D eigenvalue weighted by Crippen LogP contribution is -2.11. The molecule has 2 aromatic rings. The van der Waals surface area contributed by atoms with Gasteiger partial charge in [0.2, 0.25) is 0 Å². The lowest BCUT2D eigenvalue weighted by molar-refractivity contribution is 0.647. The van der Waals surface area contributed by atoms with Gasteiger partial charge in [0.05, 0.1) is 17.9 Å². The minimum Gasteiger partial charge on any atom is -0.308 e. The fourth-order valence-electron chi connectivity index (χ4n) is 1.74. The van der Waals surface area contributed by atoms with Crippen molar-refractivity contribution in [3.8, 4) is 0 Å². The number of hydrazine groups is 1. The van der Waals surface area contributed by atoms with Crippen LogP contribution in [-0.4, -0.2) is 14.8 Å². The Morgan fingerprint density at radius 3 is 2.65 bits per heavy atom. The zero-order valence-electron chi connectivity index (χ0n) is 10.4. The number of pyridine rings is 1. The molecule has 90 valence electrons. The quantitative estimate of drug-likeness (QED) is 0.621. The average Bonchev–Trinajstić information content (AvgIpc) is 2.57. The van der Waals surface area contributed by atoms with Crippen molar-refractivity contribution in [2.45, 2.75) is 27.3 Å². The molecule has 0 bridgehead atoms. The Kier molecular flexibility index (Phi) is 3.10. The van der Waals surface area contributed by atoms with Crippen molar-refractivity contribution in [1.29, 1.82) is 0 Å². The summed E-state index contributed by atoms with van der Waals surface area (Å²) < 4.78 is 1.97. The SMILES string of the molecule is Cc1nn(Cc2cccc(NN)n2)c(C)c1C. The van der Waals surface area contributed by atoms with Crippen LogP contribution in [-0.2, 0) is 6.54 Å². The molecule has 0 aliphatic rings. The number of anilines is 1. The molecule has 0 saturated carbocycles. The predicted octanol–water partition coefficient (Wildman–Crippen LogP) is 1.54. The number of aryl methyl sites for hydroxylation is 1.